The number of halogens is 1. The van der Waals surface area contributed by atoms with Gasteiger partial charge in [-0.05, 0) is 37.3 Å². The van der Waals surface area contributed by atoms with Gasteiger partial charge < -0.3 is 5.11 Å². The van der Waals surface area contributed by atoms with Gasteiger partial charge in [0, 0.05) is 10.8 Å². The molecule has 0 radical (unpaired) electrons. The number of rotatable bonds is 2. The molecular weight excluding hydrogens is 244 g/mol. The van der Waals surface area contributed by atoms with Gasteiger partial charge in [-0.15, -0.1) is 11.3 Å². The summed E-state index contributed by atoms with van der Waals surface area (Å²) in [6.45, 7) is 2.19. The van der Waals surface area contributed by atoms with Gasteiger partial charge in [0.25, 0.3) is 0 Å². The van der Waals surface area contributed by atoms with Crippen LogP contribution in [0.1, 0.15) is 37.0 Å². The molecule has 16 heavy (non-hydrogen) atoms. The first kappa shape index (κ1) is 11.9. The fraction of sp³-hybridized carbons (Fsp3) is 0.583. The van der Waals surface area contributed by atoms with E-state index in [9.17, 15) is 9.90 Å². The van der Waals surface area contributed by atoms with Crippen LogP contribution < -0.4 is 0 Å². The van der Waals surface area contributed by atoms with Crippen LogP contribution in [0.2, 0.25) is 4.34 Å². The molecule has 1 aromatic rings. The van der Waals surface area contributed by atoms with Gasteiger partial charge in [0.1, 0.15) is 0 Å². The number of hydrogen-bond donors (Lipinski definition) is 1. The average Bonchev–Trinajstić information content (AvgIpc) is 2.64. The Bertz CT molecular complexity index is 388. The van der Waals surface area contributed by atoms with Crippen molar-refractivity contribution in [3.63, 3.8) is 0 Å². The molecular formula is C12H15ClO2S. The third-order valence-corrected chi connectivity index (χ3v) is 4.75. The number of carboxylic acids is 1. The van der Waals surface area contributed by atoms with Crippen LogP contribution in [0, 0.1) is 11.8 Å². The monoisotopic (exact) mass is 258 g/mol. The molecule has 2 rings (SSSR count). The highest BCUT2D eigenvalue weighted by Gasteiger charge is 2.35. The van der Waals surface area contributed by atoms with Crippen molar-refractivity contribution >= 4 is 28.9 Å². The molecule has 88 valence electrons. The van der Waals surface area contributed by atoms with E-state index in [-0.39, 0.29) is 11.8 Å². The Morgan fingerprint density at radius 1 is 1.50 bits per heavy atom. The van der Waals surface area contributed by atoms with Gasteiger partial charge in [-0.3, -0.25) is 4.79 Å². The molecule has 1 aliphatic carbocycles. The fourth-order valence-electron chi connectivity index (χ4n) is 2.52. The van der Waals surface area contributed by atoms with Crippen LogP contribution >= 0.6 is 22.9 Å². The molecule has 1 N–H and O–H groups in total. The lowest BCUT2D eigenvalue weighted by atomic mass is 9.74. The molecule has 2 nitrogen and oxygen atoms in total. The summed E-state index contributed by atoms with van der Waals surface area (Å²) < 4.78 is 0.748. The van der Waals surface area contributed by atoms with Gasteiger partial charge in [0.05, 0.1) is 10.3 Å². The zero-order chi connectivity index (χ0) is 11.7. The second-order valence-corrected chi connectivity index (χ2v) is 6.36. The van der Waals surface area contributed by atoms with Crippen molar-refractivity contribution < 1.29 is 9.90 Å². The normalized spacial score (nSPS) is 30.2. The molecule has 1 saturated carbocycles. The first-order valence-electron chi connectivity index (χ1n) is 5.56. The third-order valence-electron chi connectivity index (χ3n) is 3.39. The molecule has 3 unspecified atom stereocenters. The molecule has 1 fully saturated rings. The minimum absolute atomic E-state index is 0.152. The largest absolute Gasteiger partial charge is 0.481 e. The summed E-state index contributed by atoms with van der Waals surface area (Å²) in [6, 6.07) is 3.84. The van der Waals surface area contributed by atoms with E-state index in [0.29, 0.717) is 5.92 Å². The molecule has 0 amide bonds. The smallest absolute Gasteiger partial charge is 0.307 e. The van der Waals surface area contributed by atoms with Crippen molar-refractivity contribution in [2.24, 2.45) is 11.8 Å². The van der Waals surface area contributed by atoms with Gasteiger partial charge in [-0.2, -0.15) is 0 Å². The van der Waals surface area contributed by atoms with E-state index in [2.05, 4.69) is 6.92 Å². The minimum Gasteiger partial charge on any atom is -0.481 e. The maximum absolute atomic E-state index is 11.2. The number of thiophene rings is 1. The van der Waals surface area contributed by atoms with E-state index >= 15 is 0 Å². The van der Waals surface area contributed by atoms with Gasteiger partial charge in [-0.1, -0.05) is 18.5 Å². The van der Waals surface area contributed by atoms with Gasteiger partial charge in [0.15, 0.2) is 0 Å². The van der Waals surface area contributed by atoms with Crippen LogP contribution in [0.25, 0.3) is 0 Å². The Labute approximate surface area is 104 Å². The summed E-state index contributed by atoms with van der Waals surface area (Å²) >= 11 is 7.43. The molecule has 0 aromatic carbocycles. The maximum Gasteiger partial charge on any atom is 0.307 e. The second-order valence-electron chi connectivity index (χ2n) is 4.61. The summed E-state index contributed by atoms with van der Waals surface area (Å²) in [5.74, 6) is -0.132. The molecule has 4 heteroatoms. The van der Waals surface area contributed by atoms with Crippen LogP contribution in [0.5, 0.6) is 0 Å². The van der Waals surface area contributed by atoms with Crippen molar-refractivity contribution in [2.75, 3.05) is 0 Å². The van der Waals surface area contributed by atoms with Gasteiger partial charge in [-0.25, -0.2) is 0 Å². The molecule has 0 bridgehead atoms. The van der Waals surface area contributed by atoms with Crippen LogP contribution in [0.3, 0.4) is 0 Å². The Morgan fingerprint density at radius 3 is 2.81 bits per heavy atom. The predicted octanol–water partition coefficient (Wildman–Crippen LogP) is 4.01. The first-order chi connectivity index (χ1) is 7.58. The molecule has 0 spiro atoms. The van der Waals surface area contributed by atoms with Crippen molar-refractivity contribution in [3.05, 3.63) is 21.3 Å². The van der Waals surface area contributed by atoms with E-state index in [1.807, 2.05) is 12.1 Å². The Hall–Kier alpha value is -0.540. The van der Waals surface area contributed by atoms with Crippen LogP contribution in [-0.2, 0) is 4.79 Å². The van der Waals surface area contributed by atoms with Gasteiger partial charge in [0.2, 0.25) is 0 Å². The molecule has 3 atom stereocenters. The Morgan fingerprint density at radius 2 is 2.25 bits per heavy atom. The highest BCUT2D eigenvalue weighted by Crippen LogP contribution is 2.43. The zero-order valence-electron chi connectivity index (χ0n) is 9.15. The summed E-state index contributed by atoms with van der Waals surface area (Å²) in [5.41, 5.74) is 0. The summed E-state index contributed by atoms with van der Waals surface area (Å²) in [4.78, 5) is 12.4. The van der Waals surface area contributed by atoms with E-state index in [4.69, 9.17) is 11.6 Å². The lowest BCUT2D eigenvalue weighted by molar-refractivity contribution is -0.143. The average molecular weight is 259 g/mol. The van der Waals surface area contributed by atoms with Crippen LogP contribution in [-0.4, -0.2) is 11.1 Å². The van der Waals surface area contributed by atoms with Crippen molar-refractivity contribution in [3.8, 4) is 0 Å². The van der Waals surface area contributed by atoms with Gasteiger partial charge >= 0.3 is 5.97 Å². The predicted molar refractivity (Wildman–Crippen MR) is 66.2 cm³/mol. The highest BCUT2D eigenvalue weighted by molar-refractivity contribution is 7.16. The maximum atomic E-state index is 11.2. The van der Waals surface area contributed by atoms with Crippen LogP contribution in [0.15, 0.2) is 12.1 Å². The van der Waals surface area contributed by atoms with Crippen LogP contribution in [0.4, 0.5) is 0 Å². The summed E-state index contributed by atoms with van der Waals surface area (Å²) in [7, 11) is 0. The number of hydrogen-bond acceptors (Lipinski definition) is 2. The number of carboxylic acid groups (broad SMARTS) is 1. The lowest BCUT2D eigenvalue weighted by Crippen LogP contribution is -2.27. The topological polar surface area (TPSA) is 37.3 Å². The quantitative estimate of drug-likeness (QED) is 0.870. The standard InChI is InChI=1S/C12H15ClO2S/c1-7-2-3-8(12(14)15)9(6-7)10-4-5-11(13)16-10/h4-5,7-9H,2-3,6H2,1H3,(H,14,15). The van der Waals surface area contributed by atoms with E-state index in [1.165, 1.54) is 11.3 Å². The first-order valence-corrected chi connectivity index (χ1v) is 6.75. The minimum atomic E-state index is -0.665. The molecule has 1 heterocycles. The molecule has 0 saturated heterocycles. The molecule has 1 aliphatic rings. The SMILES string of the molecule is CC1CCC(C(=O)O)C(c2ccc(Cl)s2)C1. The number of aliphatic carboxylic acids is 1. The third kappa shape index (κ3) is 2.41. The molecule has 1 aromatic heterocycles. The van der Waals surface area contributed by atoms with E-state index < -0.39 is 5.97 Å². The van der Waals surface area contributed by atoms with E-state index in [1.54, 1.807) is 0 Å². The zero-order valence-corrected chi connectivity index (χ0v) is 10.7. The lowest BCUT2D eigenvalue weighted by Gasteiger charge is -2.31. The summed E-state index contributed by atoms with van der Waals surface area (Å²) in [5, 5.41) is 9.23. The van der Waals surface area contributed by atoms with Crippen molar-refractivity contribution in [2.45, 2.75) is 32.1 Å². The fourth-order valence-corrected chi connectivity index (χ4v) is 3.76. The Balaban J connectivity index is 2.23. The van der Waals surface area contributed by atoms with Crippen molar-refractivity contribution in [1.29, 1.82) is 0 Å². The molecule has 0 aliphatic heterocycles. The number of carbonyl (C=O) groups is 1. The Kier molecular flexibility index (Phi) is 3.55. The van der Waals surface area contributed by atoms with E-state index in [0.717, 1.165) is 28.5 Å². The van der Waals surface area contributed by atoms with Crippen molar-refractivity contribution in [1.82, 2.24) is 0 Å². The highest BCUT2D eigenvalue weighted by atomic mass is 35.5. The second kappa shape index (κ2) is 4.76. The summed E-state index contributed by atoms with van der Waals surface area (Å²) in [6.07, 6.45) is 2.77.